The molecule has 266 valence electrons. The van der Waals surface area contributed by atoms with Crippen LogP contribution in [0, 0.1) is 11.3 Å². The van der Waals surface area contributed by atoms with Gasteiger partial charge in [0, 0.05) is 25.7 Å². The molecule has 0 spiro atoms. The van der Waals surface area contributed by atoms with Gasteiger partial charge in [-0.2, -0.15) is 4.31 Å². The quantitative estimate of drug-likeness (QED) is 0.218. The fraction of sp³-hybridized carbons (Fsp3) is 0.594. The zero-order valence-electron chi connectivity index (χ0n) is 27.4. The lowest BCUT2D eigenvalue weighted by Crippen LogP contribution is -2.52. The van der Waals surface area contributed by atoms with Gasteiger partial charge in [0.05, 0.1) is 42.4 Å². The fourth-order valence-electron chi connectivity index (χ4n) is 6.17. The Labute approximate surface area is 282 Å². The number of ether oxygens (including phenoxy) is 5. The van der Waals surface area contributed by atoms with Crippen molar-refractivity contribution >= 4 is 26.1 Å². The molecule has 14 nitrogen and oxygen atoms in total. The normalized spacial score (nSPS) is 22.0. The van der Waals surface area contributed by atoms with Crippen LogP contribution in [0.4, 0.5) is 4.79 Å². The summed E-state index contributed by atoms with van der Waals surface area (Å²) in [6, 6.07) is 12.6. The van der Waals surface area contributed by atoms with Crippen LogP contribution in [-0.2, 0) is 40.7 Å². The van der Waals surface area contributed by atoms with Crippen molar-refractivity contribution in [2.45, 2.75) is 69.0 Å². The predicted molar refractivity (Wildman–Crippen MR) is 174 cm³/mol. The molecule has 2 fully saturated rings. The van der Waals surface area contributed by atoms with Crippen LogP contribution in [0.3, 0.4) is 0 Å². The highest BCUT2D eigenvalue weighted by atomic mass is 32.2. The second-order valence-electron chi connectivity index (χ2n) is 13.2. The smallest absolute Gasteiger partial charge is 0.407 e. The average Bonchev–Trinajstić information content (AvgIpc) is 3.77. The molecule has 3 aliphatic rings. The number of sulfonamides is 2. The van der Waals surface area contributed by atoms with Gasteiger partial charge in [0.1, 0.15) is 6.10 Å². The van der Waals surface area contributed by atoms with E-state index in [1.165, 1.54) is 22.5 Å². The largest absolute Gasteiger partial charge is 0.454 e. The molecule has 0 saturated carbocycles. The lowest BCUT2D eigenvalue weighted by atomic mass is 9.87. The monoisotopic (exact) mass is 711 g/mol. The number of amides is 1. The molecule has 0 bridgehead atoms. The average molecular weight is 712 g/mol. The molecule has 3 unspecified atom stereocenters. The Hall–Kier alpha value is -2.99. The molecule has 48 heavy (non-hydrogen) atoms. The van der Waals surface area contributed by atoms with Crippen molar-refractivity contribution in [1.82, 2.24) is 14.3 Å². The molecular formula is C32H45N3O11S2. The van der Waals surface area contributed by atoms with Crippen LogP contribution in [0.5, 0.6) is 11.5 Å². The summed E-state index contributed by atoms with van der Waals surface area (Å²) < 4.78 is 82.9. The molecule has 0 aliphatic carbocycles. The molecule has 2 saturated heterocycles. The van der Waals surface area contributed by atoms with Gasteiger partial charge in [0.15, 0.2) is 17.8 Å². The van der Waals surface area contributed by atoms with Crippen molar-refractivity contribution in [2.24, 2.45) is 11.3 Å². The number of fused-ring (bicyclic) bond motifs is 2. The summed E-state index contributed by atoms with van der Waals surface area (Å²) in [4.78, 5) is 13.2. The first-order chi connectivity index (χ1) is 22.7. The molecule has 1 amide bonds. The molecule has 2 aromatic carbocycles. The van der Waals surface area contributed by atoms with Crippen LogP contribution in [0.15, 0.2) is 53.4 Å². The van der Waals surface area contributed by atoms with E-state index in [1.807, 2.05) is 44.2 Å². The molecule has 3 heterocycles. The number of benzene rings is 2. The number of aliphatic hydroxyl groups excluding tert-OH is 1. The van der Waals surface area contributed by atoms with Gasteiger partial charge < -0.3 is 34.1 Å². The van der Waals surface area contributed by atoms with E-state index in [0.29, 0.717) is 37.4 Å². The van der Waals surface area contributed by atoms with Crippen LogP contribution < -0.4 is 19.5 Å². The summed E-state index contributed by atoms with van der Waals surface area (Å²) in [6.45, 7) is 4.28. The minimum Gasteiger partial charge on any atom is -0.454 e. The topological polar surface area (TPSA) is 179 Å². The Morgan fingerprint density at radius 1 is 1.08 bits per heavy atom. The summed E-state index contributed by atoms with van der Waals surface area (Å²) in [5, 5.41) is 14.5. The lowest BCUT2D eigenvalue weighted by molar-refractivity contribution is -0.0907. The third kappa shape index (κ3) is 9.58. The number of aliphatic hydroxyl groups is 1. The number of hydrogen-bond acceptors (Lipinski definition) is 11. The summed E-state index contributed by atoms with van der Waals surface area (Å²) in [5.41, 5.74) is 0.186. The minimum atomic E-state index is -4.22. The van der Waals surface area contributed by atoms with Crippen LogP contribution in [0.1, 0.15) is 38.7 Å². The van der Waals surface area contributed by atoms with Crippen LogP contribution in [0.2, 0.25) is 0 Å². The standard InChI is InChI=1S/C32H45N3O11S2/c1-32(2,13-7-14-33-47(3,38)39)20-35(48(40,41)23-10-11-27-28(17-23)45-21-44-27)18-26(36)25(16-22-8-5-4-6-9-22)34-31(37)46-29-19-43-30-24(29)12-15-42-30/h4-6,8-11,17,24-26,29-30,33,36H,7,12-16,18-21H2,1-3H3,(H,34,37)/t24?,25-,26+,29?,30?/m0/s1. The molecule has 2 aromatic rings. The summed E-state index contributed by atoms with van der Waals surface area (Å²) in [7, 11) is -7.59. The van der Waals surface area contributed by atoms with E-state index in [1.54, 1.807) is 0 Å². The van der Waals surface area contributed by atoms with Gasteiger partial charge in [-0.15, -0.1) is 0 Å². The number of rotatable bonds is 16. The third-order valence-corrected chi connectivity index (χ3v) is 11.2. The molecule has 3 N–H and O–H groups in total. The Balaban J connectivity index is 1.36. The van der Waals surface area contributed by atoms with Crippen molar-refractivity contribution < 1.29 is 50.4 Å². The van der Waals surface area contributed by atoms with Crippen molar-refractivity contribution in [1.29, 1.82) is 0 Å². The van der Waals surface area contributed by atoms with Gasteiger partial charge in [0.25, 0.3) is 0 Å². The highest BCUT2D eigenvalue weighted by Gasteiger charge is 2.44. The number of alkyl carbamates (subject to hydrolysis) is 1. The Morgan fingerprint density at radius 2 is 1.83 bits per heavy atom. The maximum absolute atomic E-state index is 14.2. The third-order valence-electron chi connectivity index (χ3n) is 8.68. The van der Waals surface area contributed by atoms with Crippen LogP contribution in [0.25, 0.3) is 0 Å². The van der Waals surface area contributed by atoms with Crippen LogP contribution in [-0.4, -0.2) is 103 Å². The van der Waals surface area contributed by atoms with E-state index in [4.69, 9.17) is 23.7 Å². The van der Waals surface area contributed by atoms with Gasteiger partial charge in [-0.3, -0.25) is 0 Å². The van der Waals surface area contributed by atoms with Crippen molar-refractivity contribution in [3.05, 3.63) is 54.1 Å². The number of nitrogens with zero attached hydrogens (tertiary/aromatic N) is 1. The summed E-state index contributed by atoms with van der Waals surface area (Å²) in [5.74, 6) is 0.637. The van der Waals surface area contributed by atoms with E-state index in [-0.39, 0.29) is 50.3 Å². The van der Waals surface area contributed by atoms with Crippen molar-refractivity contribution in [2.75, 3.05) is 45.9 Å². The number of nitrogens with one attached hydrogen (secondary N) is 2. The molecule has 5 rings (SSSR count). The zero-order chi connectivity index (χ0) is 34.5. The number of hydrogen-bond donors (Lipinski definition) is 3. The first kappa shape index (κ1) is 36.3. The molecule has 3 aliphatic heterocycles. The molecule has 5 atom stereocenters. The van der Waals surface area contributed by atoms with Crippen molar-refractivity contribution in [3.8, 4) is 11.5 Å². The molecular weight excluding hydrogens is 666 g/mol. The van der Waals surface area contributed by atoms with Crippen LogP contribution >= 0.6 is 0 Å². The predicted octanol–water partition coefficient (Wildman–Crippen LogP) is 2.22. The Morgan fingerprint density at radius 3 is 2.58 bits per heavy atom. The zero-order valence-corrected chi connectivity index (χ0v) is 29.0. The van der Waals surface area contributed by atoms with Gasteiger partial charge in [0.2, 0.25) is 26.8 Å². The van der Waals surface area contributed by atoms with E-state index < -0.39 is 56.1 Å². The van der Waals surface area contributed by atoms with Gasteiger partial charge in [-0.05, 0) is 48.8 Å². The fourth-order valence-corrected chi connectivity index (χ4v) is 8.35. The highest BCUT2D eigenvalue weighted by Crippen LogP contribution is 2.36. The SMILES string of the molecule is CC(C)(CCCNS(C)(=O)=O)CN(C[C@@H](O)[C@H](Cc1ccccc1)NC(=O)OC1COC2OCCC12)S(=O)(=O)c1ccc2c(c1)OCO2. The van der Waals surface area contributed by atoms with Gasteiger partial charge >= 0.3 is 6.09 Å². The Bertz CT molecular complexity index is 1620. The van der Waals surface area contributed by atoms with E-state index in [9.17, 15) is 26.7 Å². The Kier molecular flexibility index (Phi) is 11.5. The minimum absolute atomic E-state index is 0.00923. The van der Waals surface area contributed by atoms with Crippen molar-refractivity contribution in [3.63, 3.8) is 0 Å². The van der Waals surface area contributed by atoms with E-state index in [2.05, 4.69) is 10.0 Å². The number of carbonyl (C=O) groups is 1. The van der Waals surface area contributed by atoms with E-state index in [0.717, 1.165) is 11.8 Å². The summed E-state index contributed by atoms with van der Waals surface area (Å²) in [6.07, 6.45) is -0.101. The first-order valence-corrected chi connectivity index (χ1v) is 19.3. The molecule has 0 aromatic heterocycles. The maximum atomic E-state index is 14.2. The lowest BCUT2D eigenvalue weighted by Gasteiger charge is -2.35. The summed E-state index contributed by atoms with van der Waals surface area (Å²) >= 11 is 0. The van der Waals surface area contributed by atoms with Gasteiger partial charge in [-0.1, -0.05) is 44.2 Å². The second kappa shape index (κ2) is 15.3. The first-order valence-electron chi connectivity index (χ1n) is 16.0. The highest BCUT2D eigenvalue weighted by molar-refractivity contribution is 7.89. The maximum Gasteiger partial charge on any atom is 0.407 e. The second-order valence-corrected chi connectivity index (χ2v) is 17.0. The number of carbonyl (C=O) groups excluding carboxylic acids is 1. The van der Waals surface area contributed by atoms with E-state index >= 15 is 0 Å². The molecule has 0 radical (unpaired) electrons. The van der Waals surface area contributed by atoms with Gasteiger partial charge in [-0.25, -0.2) is 26.4 Å². The molecule has 16 heteroatoms.